The Bertz CT molecular complexity index is 620. The van der Waals surface area contributed by atoms with Gasteiger partial charge in [0.15, 0.2) is 0 Å². The molecule has 6 heteroatoms. The Morgan fingerprint density at radius 1 is 1.30 bits per heavy atom. The molecule has 1 aromatic heterocycles. The molecule has 0 aliphatic heterocycles. The molecule has 1 heterocycles. The van der Waals surface area contributed by atoms with Gasteiger partial charge in [-0.25, -0.2) is 9.37 Å². The quantitative estimate of drug-likeness (QED) is 0.697. The van der Waals surface area contributed by atoms with E-state index in [1.807, 2.05) is 31.2 Å². The van der Waals surface area contributed by atoms with E-state index in [4.69, 9.17) is 9.84 Å². The third kappa shape index (κ3) is 4.91. The highest BCUT2D eigenvalue weighted by Crippen LogP contribution is 2.22. The lowest BCUT2D eigenvalue weighted by atomic mass is 10.1. The standard InChI is InChI=1S/C17H22FN3O2/c1-12(19-7-8-22)16-9-14(18)11-21-17(16)20-10-13-3-5-15(23-2)6-4-13/h3-6,9,11-12,19,22H,7-8,10H2,1-2H3,(H,20,21). The molecule has 0 aliphatic rings. The minimum Gasteiger partial charge on any atom is -0.497 e. The number of aliphatic hydroxyl groups is 1. The van der Waals surface area contributed by atoms with Crippen molar-refractivity contribution >= 4 is 5.82 Å². The van der Waals surface area contributed by atoms with Crippen LogP contribution in [0.1, 0.15) is 24.1 Å². The van der Waals surface area contributed by atoms with Gasteiger partial charge in [-0.3, -0.25) is 0 Å². The highest BCUT2D eigenvalue weighted by Gasteiger charge is 2.12. The third-order valence-corrected chi connectivity index (χ3v) is 3.53. The highest BCUT2D eigenvalue weighted by atomic mass is 19.1. The van der Waals surface area contributed by atoms with Crippen LogP contribution in [0.2, 0.25) is 0 Å². The Labute approximate surface area is 135 Å². The van der Waals surface area contributed by atoms with E-state index < -0.39 is 0 Å². The number of nitrogens with zero attached hydrogens (tertiary/aromatic N) is 1. The molecule has 0 fully saturated rings. The normalized spacial score (nSPS) is 12.0. The lowest BCUT2D eigenvalue weighted by Gasteiger charge is -2.18. The van der Waals surface area contributed by atoms with Gasteiger partial charge in [0.25, 0.3) is 0 Å². The van der Waals surface area contributed by atoms with Gasteiger partial charge >= 0.3 is 0 Å². The summed E-state index contributed by atoms with van der Waals surface area (Å²) in [6.07, 6.45) is 1.19. The van der Waals surface area contributed by atoms with Crippen LogP contribution in [-0.4, -0.2) is 30.4 Å². The number of hydrogen-bond donors (Lipinski definition) is 3. The van der Waals surface area contributed by atoms with Crippen LogP contribution in [-0.2, 0) is 6.54 Å². The predicted octanol–water partition coefficient (Wildman–Crippen LogP) is 2.48. The first-order chi connectivity index (χ1) is 11.1. The number of nitrogens with one attached hydrogen (secondary N) is 2. The summed E-state index contributed by atoms with van der Waals surface area (Å²) < 4.78 is 18.6. The maximum atomic E-state index is 13.5. The highest BCUT2D eigenvalue weighted by molar-refractivity contribution is 5.46. The predicted molar refractivity (Wildman–Crippen MR) is 88.0 cm³/mol. The number of benzene rings is 1. The van der Waals surface area contributed by atoms with Crippen LogP contribution in [0.4, 0.5) is 10.2 Å². The molecule has 0 radical (unpaired) electrons. The van der Waals surface area contributed by atoms with Crippen molar-refractivity contribution < 1.29 is 14.2 Å². The second-order valence-corrected chi connectivity index (χ2v) is 5.19. The van der Waals surface area contributed by atoms with Crippen molar-refractivity contribution in [3.05, 3.63) is 53.5 Å². The number of rotatable bonds is 8. The Morgan fingerprint density at radius 3 is 2.70 bits per heavy atom. The van der Waals surface area contributed by atoms with Crippen molar-refractivity contribution in [2.24, 2.45) is 0 Å². The van der Waals surface area contributed by atoms with E-state index in [0.29, 0.717) is 18.9 Å². The van der Waals surface area contributed by atoms with Crippen LogP contribution in [0, 0.1) is 5.82 Å². The summed E-state index contributed by atoms with van der Waals surface area (Å²) in [7, 11) is 1.63. The molecule has 0 amide bonds. The fourth-order valence-corrected chi connectivity index (χ4v) is 2.25. The largest absolute Gasteiger partial charge is 0.497 e. The van der Waals surface area contributed by atoms with Gasteiger partial charge in [0.2, 0.25) is 0 Å². The summed E-state index contributed by atoms with van der Waals surface area (Å²) in [6, 6.07) is 9.04. The van der Waals surface area contributed by atoms with Crippen LogP contribution in [0.15, 0.2) is 36.5 Å². The van der Waals surface area contributed by atoms with Crippen LogP contribution >= 0.6 is 0 Å². The molecule has 0 bridgehead atoms. The molecular weight excluding hydrogens is 297 g/mol. The smallest absolute Gasteiger partial charge is 0.141 e. The van der Waals surface area contributed by atoms with E-state index in [2.05, 4.69) is 15.6 Å². The fourth-order valence-electron chi connectivity index (χ4n) is 2.25. The number of ether oxygens (including phenoxy) is 1. The average Bonchev–Trinajstić information content (AvgIpc) is 2.59. The van der Waals surface area contributed by atoms with Crippen molar-refractivity contribution in [2.45, 2.75) is 19.5 Å². The first-order valence-corrected chi connectivity index (χ1v) is 7.50. The van der Waals surface area contributed by atoms with E-state index in [1.165, 1.54) is 12.3 Å². The number of anilines is 1. The summed E-state index contributed by atoms with van der Waals surface area (Å²) in [5.74, 6) is 1.05. The molecule has 0 saturated carbocycles. The summed E-state index contributed by atoms with van der Waals surface area (Å²) in [5, 5.41) is 15.2. The summed E-state index contributed by atoms with van der Waals surface area (Å²) >= 11 is 0. The third-order valence-electron chi connectivity index (χ3n) is 3.53. The topological polar surface area (TPSA) is 66.4 Å². The molecule has 23 heavy (non-hydrogen) atoms. The zero-order valence-electron chi connectivity index (χ0n) is 13.3. The summed E-state index contributed by atoms with van der Waals surface area (Å²) in [5.41, 5.74) is 1.80. The number of aliphatic hydroxyl groups excluding tert-OH is 1. The van der Waals surface area contributed by atoms with Gasteiger partial charge < -0.3 is 20.5 Å². The lowest BCUT2D eigenvalue weighted by Crippen LogP contribution is -2.23. The SMILES string of the molecule is COc1ccc(CNc2ncc(F)cc2C(C)NCCO)cc1. The van der Waals surface area contributed by atoms with Crippen molar-refractivity contribution in [1.82, 2.24) is 10.3 Å². The van der Waals surface area contributed by atoms with Crippen molar-refractivity contribution in [1.29, 1.82) is 0 Å². The fraction of sp³-hybridized carbons (Fsp3) is 0.353. The molecule has 124 valence electrons. The second-order valence-electron chi connectivity index (χ2n) is 5.19. The van der Waals surface area contributed by atoms with Crippen molar-refractivity contribution in [3.8, 4) is 5.75 Å². The Balaban J connectivity index is 2.08. The maximum Gasteiger partial charge on any atom is 0.141 e. The van der Waals surface area contributed by atoms with E-state index >= 15 is 0 Å². The summed E-state index contributed by atoms with van der Waals surface area (Å²) in [6.45, 7) is 2.95. The molecule has 1 atom stereocenters. The first-order valence-electron chi connectivity index (χ1n) is 7.50. The van der Waals surface area contributed by atoms with Crippen LogP contribution in [0.3, 0.4) is 0 Å². The number of methoxy groups -OCH3 is 1. The van der Waals surface area contributed by atoms with Gasteiger partial charge in [0.05, 0.1) is 19.9 Å². The lowest BCUT2D eigenvalue weighted by molar-refractivity contribution is 0.286. The second kappa shape index (κ2) is 8.45. The molecule has 1 aromatic carbocycles. The molecule has 1 unspecified atom stereocenters. The monoisotopic (exact) mass is 319 g/mol. The number of hydrogen-bond acceptors (Lipinski definition) is 5. The minimum atomic E-state index is -0.382. The number of aromatic nitrogens is 1. The molecule has 2 rings (SSSR count). The van der Waals surface area contributed by atoms with Crippen molar-refractivity contribution in [2.75, 3.05) is 25.6 Å². The Kier molecular flexibility index (Phi) is 6.31. The van der Waals surface area contributed by atoms with Crippen LogP contribution < -0.4 is 15.4 Å². The van der Waals surface area contributed by atoms with E-state index in [9.17, 15) is 4.39 Å². The maximum absolute atomic E-state index is 13.5. The Morgan fingerprint density at radius 2 is 2.04 bits per heavy atom. The van der Waals surface area contributed by atoms with Crippen LogP contribution in [0.5, 0.6) is 5.75 Å². The zero-order valence-corrected chi connectivity index (χ0v) is 13.3. The molecule has 3 N–H and O–H groups in total. The average molecular weight is 319 g/mol. The molecule has 0 saturated heterocycles. The Hall–Kier alpha value is -2.18. The van der Waals surface area contributed by atoms with Crippen molar-refractivity contribution in [3.63, 3.8) is 0 Å². The number of pyridine rings is 1. The van der Waals surface area contributed by atoms with Crippen LogP contribution in [0.25, 0.3) is 0 Å². The zero-order chi connectivity index (χ0) is 16.7. The molecule has 2 aromatic rings. The summed E-state index contributed by atoms with van der Waals surface area (Å²) in [4.78, 5) is 4.14. The number of halogens is 1. The van der Waals surface area contributed by atoms with Gasteiger partial charge in [-0.2, -0.15) is 0 Å². The molecule has 5 nitrogen and oxygen atoms in total. The first kappa shape index (κ1) is 17.2. The minimum absolute atomic E-state index is 0.0295. The molecular formula is C17H22FN3O2. The molecule has 0 spiro atoms. The van der Waals surface area contributed by atoms with Gasteiger partial charge in [-0.15, -0.1) is 0 Å². The van der Waals surface area contributed by atoms with Gasteiger partial charge in [0, 0.05) is 24.7 Å². The van der Waals surface area contributed by atoms with Gasteiger partial charge in [0.1, 0.15) is 17.4 Å². The van der Waals surface area contributed by atoms with E-state index in [0.717, 1.165) is 16.9 Å². The van der Waals surface area contributed by atoms with E-state index in [1.54, 1.807) is 7.11 Å². The van der Waals surface area contributed by atoms with E-state index in [-0.39, 0.29) is 18.5 Å². The van der Waals surface area contributed by atoms with Gasteiger partial charge in [-0.1, -0.05) is 12.1 Å². The molecule has 0 aliphatic carbocycles. The van der Waals surface area contributed by atoms with Gasteiger partial charge in [-0.05, 0) is 30.7 Å².